The van der Waals surface area contributed by atoms with Gasteiger partial charge in [-0.3, -0.25) is 4.79 Å². The number of rotatable bonds is 3. The molecule has 1 heterocycles. The van der Waals surface area contributed by atoms with Gasteiger partial charge in [-0.05, 0) is 41.1 Å². The summed E-state index contributed by atoms with van der Waals surface area (Å²) < 4.78 is 2.68. The highest BCUT2D eigenvalue weighted by molar-refractivity contribution is 9.10. The second-order valence-corrected chi connectivity index (χ2v) is 5.87. The van der Waals surface area contributed by atoms with Gasteiger partial charge in [-0.2, -0.15) is 0 Å². The van der Waals surface area contributed by atoms with Crippen molar-refractivity contribution >= 4 is 56.4 Å². The number of hydrogen-bond acceptors (Lipinski definition) is 2. The number of nitrogens with one attached hydrogen (secondary N) is 1. The lowest BCUT2D eigenvalue weighted by atomic mass is 10.2. The normalized spacial score (nSPS) is 10.6. The first-order valence-electron chi connectivity index (χ1n) is 5.84. The Morgan fingerprint density at radius 1 is 1.35 bits per heavy atom. The van der Waals surface area contributed by atoms with Crippen molar-refractivity contribution in [2.24, 2.45) is 0 Å². The van der Waals surface area contributed by atoms with Crippen LogP contribution in [0.5, 0.6) is 0 Å². The standard InChI is InChI=1S/C13H12BrCl2N3O/c1-2-19-6-7(14)3-11(19)13(20)18-8-4-9(15)12(17)10(16)5-8/h3-6H,2,17H2,1H3,(H,18,20). The van der Waals surface area contributed by atoms with Crippen molar-refractivity contribution < 1.29 is 4.79 Å². The van der Waals surface area contributed by atoms with Gasteiger partial charge in [-0.25, -0.2) is 0 Å². The first-order chi connectivity index (χ1) is 9.42. The average molecular weight is 377 g/mol. The number of nitrogen functional groups attached to an aromatic ring is 1. The molecule has 1 aromatic heterocycles. The van der Waals surface area contributed by atoms with Gasteiger partial charge in [0.05, 0.1) is 15.7 Å². The van der Waals surface area contributed by atoms with E-state index in [1.807, 2.05) is 17.7 Å². The van der Waals surface area contributed by atoms with E-state index < -0.39 is 0 Å². The molecule has 4 nitrogen and oxygen atoms in total. The van der Waals surface area contributed by atoms with Crippen LogP contribution in [-0.4, -0.2) is 10.5 Å². The summed E-state index contributed by atoms with van der Waals surface area (Å²) >= 11 is 15.2. The molecule has 2 rings (SSSR count). The van der Waals surface area contributed by atoms with Crippen LogP contribution in [0.3, 0.4) is 0 Å². The van der Waals surface area contributed by atoms with Gasteiger partial charge in [0.25, 0.3) is 5.91 Å². The number of halogens is 3. The Labute approximate surface area is 135 Å². The number of nitrogens with zero attached hydrogens (tertiary/aromatic N) is 1. The Bertz CT molecular complexity index is 647. The molecule has 1 amide bonds. The van der Waals surface area contributed by atoms with E-state index in [9.17, 15) is 4.79 Å². The molecule has 20 heavy (non-hydrogen) atoms. The molecule has 3 N–H and O–H groups in total. The number of anilines is 2. The van der Waals surface area contributed by atoms with Crippen LogP contribution in [0.2, 0.25) is 10.0 Å². The first-order valence-corrected chi connectivity index (χ1v) is 7.38. The van der Waals surface area contributed by atoms with Crippen molar-refractivity contribution in [2.45, 2.75) is 13.5 Å². The fraction of sp³-hybridized carbons (Fsp3) is 0.154. The van der Waals surface area contributed by atoms with E-state index in [0.29, 0.717) is 33.7 Å². The van der Waals surface area contributed by atoms with Crippen molar-refractivity contribution in [1.82, 2.24) is 4.57 Å². The minimum absolute atomic E-state index is 0.241. The number of aromatic nitrogens is 1. The van der Waals surface area contributed by atoms with E-state index in [-0.39, 0.29) is 5.91 Å². The van der Waals surface area contributed by atoms with Crippen LogP contribution >= 0.6 is 39.1 Å². The lowest BCUT2D eigenvalue weighted by Gasteiger charge is -2.10. The number of amides is 1. The number of aryl methyl sites for hydroxylation is 1. The monoisotopic (exact) mass is 375 g/mol. The van der Waals surface area contributed by atoms with Crippen LogP contribution in [0.1, 0.15) is 17.4 Å². The quantitative estimate of drug-likeness (QED) is 0.779. The Morgan fingerprint density at radius 2 is 1.95 bits per heavy atom. The largest absolute Gasteiger partial charge is 0.396 e. The summed E-state index contributed by atoms with van der Waals surface area (Å²) in [6.45, 7) is 2.65. The molecule has 0 aliphatic rings. The Morgan fingerprint density at radius 3 is 2.50 bits per heavy atom. The van der Waals surface area contributed by atoms with Crippen LogP contribution in [0, 0.1) is 0 Å². The van der Waals surface area contributed by atoms with Gasteiger partial charge in [0.15, 0.2) is 0 Å². The van der Waals surface area contributed by atoms with Gasteiger partial charge in [-0.15, -0.1) is 0 Å². The molecule has 0 atom stereocenters. The second kappa shape index (κ2) is 6.08. The molecule has 106 valence electrons. The molecule has 0 aliphatic heterocycles. The van der Waals surface area contributed by atoms with Crippen LogP contribution in [0.4, 0.5) is 11.4 Å². The van der Waals surface area contributed by atoms with Crippen LogP contribution in [-0.2, 0) is 6.54 Å². The van der Waals surface area contributed by atoms with E-state index in [2.05, 4.69) is 21.2 Å². The van der Waals surface area contributed by atoms with Crippen LogP contribution in [0.25, 0.3) is 0 Å². The van der Waals surface area contributed by atoms with Gasteiger partial charge in [0, 0.05) is 22.9 Å². The molecule has 0 fully saturated rings. The molecular formula is C13H12BrCl2N3O. The van der Waals surface area contributed by atoms with Gasteiger partial charge in [0.1, 0.15) is 5.69 Å². The molecule has 0 bridgehead atoms. The van der Waals surface area contributed by atoms with Gasteiger partial charge in [0.2, 0.25) is 0 Å². The Kier molecular flexibility index (Phi) is 4.62. The summed E-state index contributed by atoms with van der Waals surface area (Å²) in [4.78, 5) is 12.2. The van der Waals surface area contributed by atoms with Gasteiger partial charge in [-0.1, -0.05) is 23.2 Å². The molecule has 0 radical (unpaired) electrons. The van der Waals surface area contributed by atoms with Gasteiger partial charge >= 0.3 is 0 Å². The summed E-state index contributed by atoms with van der Waals surface area (Å²) in [5.74, 6) is -0.241. The smallest absolute Gasteiger partial charge is 0.272 e. The van der Waals surface area contributed by atoms with E-state index in [1.165, 1.54) is 0 Å². The number of hydrogen-bond donors (Lipinski definition) is 2. The zero-order chi connectivity index (χ0) is 14.9. The molecule has 0 saturated carbocycles. The van der Waals surface area contributed by atoms with Crippen molar-refractivity contribution in [2.75, 3.05) is 11.1 Å². The minimum atomic E-state index is -0.241. The number of carbonyl (C=O) groups excluding carboxylic acids is 1. The third-order valence-electron chi connectivity index (χ3n) is 2.77. The maximum atomic E-state index is 12.2. The molecule has 2 aromatic rings. The minimum Gasteiger partial charge on any atom is -0.396 e. The fourth-order valence-electron chi connectivity index (χ4n) is 1.78. The predicted octanol–water partition coefficient (Wildman–Crippen LogP) is 4.41. The molecule has 1 aromatic carbocycles. The third-order valence-corrected chi connectivity index (χ3v) is 3.83. The maximum absolute atomic E-state index is 12.2. The fourth-order valence-corrected chi connectivity index (χ4v) is 2.73. The molecule has 0 spiro atoms. The number of carbonyl (C=O) groups is 1. The van der Waals surface area contributed by atoms with Crippen LogP contribution in [0.15, 0.2) is 28.9 Å². The highest BCUT2D eigenvalue weighted by Crippen LogP contribution is 2.31. The first kappa shape index (κ1) is 15.2. The maximum Gasteiger partial charge on any atom is 0.272 e. The molecule has 7 heteroatoms. The summed E-state index contributed by atoms with van der Waals surface area (Å²) in [7, 11) is 0. The summed E-state index contributed by atoms with van der Waals surface area (Å²) in [5, 5.41) is 3.36. The molecule has 0 saturated heterocycles. The Hall–Kier alpha value is -1.17. The zero-order valence-corrected chi connectivity index (χ0v) is 13.7. The third kappa shape index (κ3) is 3.11. The van der Waals surface area contributed by atoms with Crippen molar-refractivity contribution in [1.29, 1.82) is 0 Å². The summed E-state index contributed by atoms with van der Waals surface area (Å²) in [6.07, 6.45) is 1.85. The van der Waals surface area contributed by atoms with Crippen molar-refractivity contribution in [3.05, 3.63) is 44.6 Å². The lowest BCUT2D eigenvalue weighted by molar-refractivity contribution is 0.101. The van der Waals surface area contributed by atoms with Crippen molar-refractivity contribution in [3.8, 4) is 0 Å². The predicted molar refractivity (Wildman–Crippen MR) is 86.6 cm³/mol. The lowest BCUT2D eigenvalue weighted by Crippen LogP contribution is -2.16. The van der Waals surface area contributed by atoms with E-state index in [1.54, 1.807) is 18.2 Å². The Balaban J connectivity index is 2.28. The highest BCUT2D eigenvalue weighted by Gasteiger charge is 2.14. The molecule has 0 unspecified atom stereocenters. The summed E-state index contributed by atoms with van der Waals surface area (Å²) in [5.41, 5.74) is 7.00. The van der Waals surface area contributed by atoms with Crippen molar-refractivity contribution in [3.63, 3.8) is 0 Å². The highest BCUT2D eigenvalue weighted by atomic mass is 79.9. The number of benzene rings is 1. The molecule has 0 aliphatic carbocycles. The second-order valence-electron chi connectivity index (χ2n) is 4.14. The number of nitrogens with two attached hydrogens (primary N) is 1. The van der Waals surface area contributed by atoms with E-state index >= 15 is 0 Å². The average Bonchev–Trinajstić information content (AvgIpc) is 2.77. The SMILES string of the molecule is CCn1cc(Br)cc1C(=O)Nc1cc(Cl)c(N)c(Cl)c1. The van der Waals surface area contributed by atoms with Crippen LogP contribution < -0.4 is 11.1 Å². The zero-order valence-electron chi connectivity index (χ0n) is 10.6. The summed E-state index contributed by atoms with van der Waals surface area (Å²) in [6, 6.07) is 4.88. The topological polar surface area (TPSA) is 60.0 Å². The van der Waals surface area contributed by atoms with E-state index in [0.717, 1.165) is 4.47 Å². The van der Waals surface area contributed by atoms with E-state index in [4.69, 9.17) is 28.9 Å². The molecular weight excluding hydrogens is 365 g/mol. The van der Waals surface area contributed by atoms with Gasteiger partial charge < -0.3 is 15.6 Å².